The van der Waals surface area contributed by atoms with Crippen molar-refractivity contribution in [3.8, 4) is 0 Å². The van der Waals surface area contributed by atoms with Crippen LogP contribution in [0.5, 0.6) is 0 Å². The molecule has 0 aliphatic rings. The van der Waals surface area contributed by atoms with Crippen molar-refractivity contribution >= 4 is 5.97 Å². The zero-order valence-electron chi connectivity index (χ0n) is 19.1. The van der Waals surface area contributed by atoms with Gasteiger partial charge in [0.15, 0.2) is 0 Å². The van der Waals surface area contributed by atoms with E-state index in [1.54, 1.807) is 13.0 Å². The lowest BCUT2D eigenvalue weighted by Gasteiger charge is -2.34. The second-order valence-corrected chi connectivity index (χ2v) is 7.98. The van der Waals surface area contributed by atoms with Crippen LogP contribution >= 0.6 is 0 Å². The summed E-state index contributed by atoms with van der Waals surface area (Å²) < 4.78 is 6.04. The van der Waals surface area contributed by atoms with Crippen LogP contribution in [0.25, 0.3) is 0 Å². The number of hydrogen-bond acceptors (Lipinski definition) is 3. The van der Waals surface area contributed by atoms with Crippen molar-refractivity contribution in [3.05, 3.63) is 132 Å². The average Bonchev–Trinajstić information content (AvgIpc) is 2.85. The smallest absolute Gasteiger partial charge is 0.334 e. The van der Waals surface area contributed by atoms with Crippen LogP contribution in [-0.4, -0.2) is 28.6 Å². The molecule has 1 atom stereocenters. The Morgan fingerprint density at radius 2 is 1.33 bits per heavy atom. The number of ether oxygens (including phenoxy) is 1. The van der Waals surface area contributed by atoms with Gasteiger partial charge in [-0.05, 0) is 30.0 Å². The fourth-order valence-electron chi connectivity index (χ4n) is 3.85. The monoisotopic (exact) mass is 441 g/mol. The van der Waals surface area contributed by atoms with Gasteiger partial charge in [-0.2, -0.15) is 0 Å². The molecule has 33 heavy (non-hydrogen) atoms. The third kappa shape index (κ3) is 7.19. The van der Waals surface area contributed by atoms with E-state index in [1.165, 1.54) is 0 Å². The van der Waals surface area contributed by atoms with E-state index >= 15 is 0 Å². The van der Waals surface area contributed by atoms with E-state index < -0.39 is 5.97 Å². The zero-order chi connectivity index (χ0) is 23.5. The predicted molar refractivity (Wildman–Crippen MR) is 133 cm³/mol. The third-order valence-electron chi connectivity index (χ3n) is 5.52. The second-order valence-electron chi connectivity index (χ2n) is 7.98. The van der Waals surface area contributed by atoms with E-state index in [4.69, 9.17) is 4.74 Å². The number of hydrogen-bond donors (Lipinski definition) is 1. The Morgan fingerprint density at radius 3 is 1.76 bits per heavy atom. The maximum atomic E-state index is 12.0. The summed E-state index contributed by atoms with van der Waals surface area (Å²) in [4.78, 5) is 14.3. The summed E-state index contributed by atoms with van der Waals surface area (Å²) in [6.45, 7) is 6.92. The summed E-state index contributed by atoms with van der Waals surface area (Å²) in [5.74, 6) is -0.510. The van der Waals surface area contributed by atoms with Gasteiger partial charge in [0.1, 0.15) is 12.4 Å². The van der Waals surface area contributed by atoms with Crippen molar-refractivity contribution in [2.75, 3.05) is 6.61 Å². The van der Waals surface area contributed by atoms with E-state index in [0.29, 0.717) is 25.3 Å². The van der Waals surface area contributed by atoms with Crippen LogP contribution in [0.4, 0.5) is 0 Å². The van der Waals surface area contributed by atoms with E-state index in [9.17, 15) is 9.90 Å². The number of aliphatic carboxylic acids is 1. The van der Waals surface area contributed by atoms with Crippen molar-refractivity contribution < 1.29 is 14.6 Å². The molecule has 4 nitrogen and oxygen atoms in total. The normalized spacial score (nSPS) is 12.7. The molecule has 0 aliphatic heterocycles. The highest BCUT2D eigenvalue weighted by molar-refractivity contribution is 5.86. The van der Waals surface area contributed by atoms with Gasteiger partial charge < -0.3 is 9.84 Å². The highest BCUT2D eigenvalue weighted by Gasteiger charge is 2.28. The molecule has 3 rings (SSSR count). The van der Waals surface area contributed by atoms with Gasteiger partial charge in [-0.25, -0.2) is 4.79 Å². The fourth-order valence-corrected chi connectivity index (χ4v) is 3.85. The summed E-state index contributed by atoms with van der Waals surface area (Å²) in [7, 11) is 0. The van der Waals surface area contributed by atoms with Crippen LogP contribution in [0.15, 0.2) is 115 Å². The Hall–Kier alpha value is -3.63. The van der Waals surface area contributed by atoms with Gasteiger partial charge in [0, 0.05) is 13.1 Å². The van der Waals surface area contributed by atoms with Gasteiger partial charge in [-0.15, -0.1) is 0 Å². The summed E-state index contributed by atoms with van der Waals surface area (Å²) in [6.07, 6.45) is 2.27. The molecule has 0 heterocycles. The zero-order valence-corrected chi connectivity index (χ0v) is 19.1. The van der Waals surface area contributed by atoms with E-state index in [-0.39, 0.29) is 18.2 Å². The fraction of sp³-hybridized carbons (Fsp3) is 0.207. The average molecular weight is 442 g/mol. The summed E-state index contributed by atoms with van der Waals surface area (Å²) in [5.41, 5.74) is 3.64. The van der Waals surface area contributed by atoms with E-state index in [1.807, 2.05) is 54.6 Å². The number of benzene rings is 3. The maximum Gasteiger partial charge on any atom is 0.334 e. The van der Waals surface area contributed by atoms with E-state index in [2.05, 4.69) is 47.9 Å². The molecule has 0 radical (unpaired) electrons. The molecule has 0 amide bonds. The molecule has 170 valence electrons. The van der Waals surface area contributed by atoms with Gasteiger partial charge in [-0.3, -0.25) is 4.90 Å². The Morgan fingerprint density at radius 1 is 0.879 bits per heavy atom. The molecular weight excluding hydrogens is 410 g/mol. The van der Waals surface area contributed by atoms with Crippen molar-refractivity contribution in [1.29, 1.82) is 0 Å². The molecule has 0 bridgehead atoms. The number of carboxylic acids is 1. The summed E-state index contributed by atoms with van der Waals surface area (Å²) >= 11 is 0. The molecule has 0 aliphatic carbocycles. The highest BCUT2D eigenvalue weighted by atomic mass is 16.5. The highest BCUT2D eigenvalue weighted by Crippen LogP contribution is 2.25. The van der Waals surface area contributed by atoms with Crippen LogP contribution < -0.4 is 0 Å². The van der Waals surface area contributed by atoms with Crippen LogP contribution in [0.1, 0.15) is 23.6 Å². The second kappa shape index (κ2) is 12.4. The van der Waals surface area contributed by atoms with E-state index in [0.717, 1.165) is 16.7 Å². The molecule has 0 aromatic heterocycles. The Labute approximate surface area is 196 Å². The first-order valence-electron chi connectivity index (χ1n) is 11.1. The molecule has 3 aromatic rings. The van der Waals surface area contributed by atoms with Crippen molar-refractivity contribution in [2.45, 2.75) is 32.5 Å². The van der Waals surface area contributed by atoms with Gasteiger partial charge in [-0.1, -0.05) is 104 Å². The number of carboxylic acid groups (broad SMARTS) is 1. The predicted octanol–water partition coefficient (Wildman–Crippen LogP) is 5.86. The third-order valence-corrected chi connectivity index (χ3v) is 5.52. The Bertz CT molecular complexity index is 1000. The summed E-state index contributed by atoms with van der Waals surface area (Å²) in [5, 5.41) is 9.85. The quantitative estimate of drug-likeness (QED) is 0.217. The van der Waals surface area contributed by atoms with Gasteiger partial charge in [0.25, 0.3) is 0 Å². The molecule has 4 heteroatoms. The topological polar surface area (TPSA) is 49.8 Å². The molecule has 0 saturated carbocycles. The first kappa shape index (κ1) is 24.0. The molecule has 0 saturated heterocycles. The van der Waals surface area contributed by atoms with Gasteiger partial charge >= 0.3 is 5.97 Å². The lowest BCUT2D eigenvalue weighted by atomic mass is 9.98. The Balaban J connectivity index is 2.08. The van der Waals surface area contributed by atoms with Crippen molar-refractivity contribution in [1.82, 2.24) is 4.90 Å². The van der Waals surface area contributed by atoms with Crippen LogP contribution in [0.3, 0.4) is 0 Å². The minimum absolute atomic E-state index is 0.212. The molecule has 0 fully saturated rings. The molecule has 1 unspecified atom stereocenters. The van der Waals surface area contributed by atoms with Crippen LogP contribution in [0.2, 0.25) is 0 Å². The Kier molecular flexibility index (Phi) is 9.04. The molecular formula is C29H31NO3. The lowest BCUT2D eigenvalue weighted by molar-refractivity contribution is -0.133. The van der Waals surface area contributed by atoms with Gasteiger partial charge in [0.2, 0.25) is 0 Å². The number of nitrogens with zero attached hydrogens (tertiary/aromatic N) is 1. The van der Waals surface area contributed by atoms with Crippen molar-refractivity contribution in [3.63, 3.8) is 0 Å². The van der Waals surface area contributed by atoms with Crippen molar-refractivity contribution in [2.24, 2.45) is 0 Å². The van der Waals surface area contributed by atoms with Gasteiger partial charge in [0.05, 0.1) is 11.6 Å². The first-order valence-corrected chi connectivity index (χ1v) is 11.1. The molecule has 3 aromatic carbocycles. The number of carbonyl (C=O) groups is 1. The largest absolute Gasteiger partial charge is 0.492 e. The molecule has 0 spiro atoms. The minimum Gasteiger partial charge on any atom is -0.492 e. The van der Waals surface area contributed by atoms with Crippen LogP contribution in [-0.2, 0) is 29.0 Å². The first-order chi connectivity index (χ1) is 16.1. The summed E-state index contributed by atoms with van der Waals surface area (Å²) in [6, 6.07) is 30.3. The SMILES string of the molecule is C=CCO/C(=C(/C)C(=O)O)C(Cc1ccccc1)N(Cc1ccccc1)Cc1ccccc1. The minimum atomic E-state index is -0.980. The maximum absolute atomic E-state index is 12.0. The lowest BCUT2D eigenvalue weighted by Crippen LogP contribution is -2.39. The van der Waals surface area contributed by atoms with Crippen LogP contribution in [0, 0.1) is 0 Å². The number of rotatable bonds is 12. The standard InChI is InChI=1S/C29H31NO3/c1-3-19-33-28(23(2)29(31)32)27(20-24-13-7-4-8-14-24)30(21-25-15-9-5-10-16-25)22-26-17-11-6-12-18-26/h3-18,27H,1,19-22H2,2H3,(H,31,32)/b28-23-. The molecule has 1 N–H and O–H groups in total.